The summed E-state index contributed by atoms with van der Waals surface area (Å²) in [5.74, 6) is -1.13. The van der Waals surface area contributed by atoms with Gasteiger partial charge >= 0.3 is 0 Å². The quantitative estimate of drug-likeness (QED) is 0.525. The molecule has 0 fully saturated rings. The first-order valence-electron chi connectivity index (χ1n) is 9.20. The van der Waals surface area contributed by atoms with Crippen molar-refractivity contribution in [3.8, 4) is 5.88 Å². The summed E-state index contributed by atoms with van der Waals surface area (Å²) >= 11 is 0. The van der Waals surface area contributed by atoms with Gasteiger partial charge in [0.15, 0.2) is 11.6 Å². The Kier molecular flexibility index (Phi) is 5.38. The van der Waals surface area contributed by atoms with Gasteiger partial charge in [0.05, 0.1) is 12.6 Å². The fourth-order valence-electron chi connectivity index (χ4n) is 3.31. The number of hydrogen-bond acceptors (Lipinski definition) is 5. The molecule has 4 aromatic rings. The van der Waals surface area contributed by atoms with Crippen molar-refractivity contribution >= 4 is 16.7 Å². The highest BCUT2D eigenvalue weighted by Gasteiger charge is 2.16. The van der Waals surface area contributed by atoms with E-state index in [4.69, 9.17) is 4.74 Å². The van der Waals surface area contributed by atoms with E-state index < -0.39 is 17.2 Å². The average molecular weight is 408 g/mol. The molecule has 0 unspecified atom stereocenters. The summed E-state index contributed by atoms with van der Waals surface area (Å²) in [5.41, 5.74) is 0.891. The van der Waals surface area contributed by atoms with Crippen LogP contribution in [0.4, 0.5) is 14.6 Å². The van der Waals surface area contributed by atoms with E-state index in [1.165, 1.54) is 25.6 Å². The molecule has 0 saturated heterocycles. The number of pyridine rings is 1. The van der Waals surface area contributed by atoms with E-state index in [1.807, 2.05) is 35.2 Å². The highest BCUT2D eigenvalue weighted by molar-refractivity contribution is 5.82. The first kappa shape index (κ1) is 19.5. The van der Waals surface area contributed by atoms with Crippen LogP contribution in [0.5, 0.6) is 5.88 Å². The van der Waals surface area contributed by atoms with Crippen molar-refractivity contribution in [1.82, 2.24) is 15.0 Å². The van der Waals surface area contributed by atoms with Crippen molar-refractivity contribution in [3.05, 3.63) is 94.0 Å². The number of nitrogens with zero attached hydrogens (tertiary/aromatic N) is 3. The zero-order valence-electron chi connectivity index (χ0n) is 16.1. The minimum absolute atomic E-state index is 0.155. The van der Waals surface area contributed by atoms with Crippen LogP contribution in [0.15, 0.2) is 65.7 Å². The van der Waals surface area contributed by atoms with Gasteiger partial charge in [-0.05, 0) is 23.3 Å². The Balaban J connectivity index is 1.80. The summed E-state index contributed by atoms with van der Waals surface area (Å²) in [4.78, 5) is 24.8. The van der Waals surface area contributed by atoms with Crippen molar-refractivity contribution < 1.29 is 13.5 Å². The normalized spacial score (nSPS) is 10.9. The van der Waals surface area contributed by atoms with E-state index in [-0.39, 0.29) is 12.1 Å². The highest BCUT2D eigenvalue weighted by atomic mass is 19.2. The number of rotatable bonds is 6. The molecule has 0 spiro atoms. The smallest absolute Gasteiger partial charge is 0.248 e. The number of fused-ring (bicyclic) bond motifs is 1. The van der Waals surface area contributed by atoms with E-state index in [2.05, 4.69) is 15.0 Å². The van der Waals surface area contributed by atoms with Gasteiger partial charge in [0.25, 0.3) is 0 Å². The third kappa shape index (κ3) is 3.98. The number of H-pyrrole nitrogens is 1. The molecule has 0 saturated carbocycles. The standard InChI is InChI=1S/C22H18F2N4O2/c1-30-20-10-18(25-13-26-20)28(11-14-5-3-2-4-6-14)12-15-9-19(29)27-22-16(15)7-8-17(23)21(22)24/h2-10,13H,11-12H2,1H3,(H,27,29). The number of methoxy groups -OCH3 is 1. The number of anilines is 1. The molecule has 0 aliphatic carbocycles. The molecule has 1 N–H and O–H groups in total. The molecule has 30 heavy (non-hydrogen) atoms. The maximum absolute atomic E-state index is 14.3. The summed E-state index contributed by atoms with van der Waals surface area (Å²) in [6.45, 7) is 0.708. The van der Waals surface area contributed by atoms with Crippen LogP contribution in [0, 0.1) is 11.6 Å². The van der Waals surface area contributed by atoms with Gasteiger partial charge in [-0.15, -0.1) is 0 Å². The number of benzene rings is 2. The van der Waals surface area contributed by atoms with Gasteiger partial charge in [-0.2, -0.15) is 0 Å². The molecule has 2 heterocycles. The minimum atomic E-state index is -1.08. The predicted molar refractivity (Wildman–Crippen MR) is 109 cm³/mol. The molecule has 4 rings (SSSR count). The Bertz CT molecular complexity index is 1250. The molecule has 0 radical (unpaired) electrons. The molecule has 2 aromatic heterocycles. The largest absolute Gasteiger partial charge is 0.481 e. The summed E-state index contributed by atoms with van der Waals surface area (Å²) < 4.78 is 33.1. The molecular formula is C22H18F2N4O2. The first-order valence-corrected chi connectivity index (χ1v) is 9.20. The third-order valence-corrected chi connectivity index (χ3v) is 4.73. The molecule has 0 amide bonds. The zero-order valence-corrected chi connectivity index (χ0v) is 16.1. The highest BCUT2D eigenvalue weighted by Crippen LogP contribution is 2.25. The molecule has 0 atom stereocenters. The Morgan fingerprint density at radius 3 is 2.60 bits per heavy atom. The SMILES string of the molecule is COc1cc(N(Cc2ccccc2)Cc2cc(=O)[nH]c3c(F)c(F)ccc23)ncn1. The average Bonchev–Trinajstić information content (AvgIpc) is 2.77. The van der Waals surface area contributed by atoms with E-state index in [9.17, 15) is 13.6 Å². The number of hydrogen-bond donors (Lipinski definition) is 1. The van der Waals surface area contributed by atoms with E-state index in [1.54, 1.807) is 6.07 Å². The second kappa shape index (κ2) is 8.28. The van der Waals surface area contributed by atoms with Gasteiger partial charge in [-0.1, -0.05) is 30.3 Å². The fraction of sp³-hybridized carbons (Fsp3) is 0.136. The maximum Gasteiger partial charge on any atom is 0.248 e. The summed E-state index contributed by atoms with van der Waals surface area (Å²) in [6.07, 6.45) is 1.39. The molecule has 0 bridgehead atoms. The lowest BCUT2D eigenvalue weighted by molar-refractivity contribution is 0.396. The Labute approximate surface area is 170 Å². The number of aromatic amines is 1. The lowest BCUT2D eigenvalue weighted by Crippen LogP contribution is -2.24. The van der Waals surface area contributed by atoms with Gasteiger partial charge in [0.2, 0.25) is 11.4 Å². The summed E-state index contributed by atoms with van der Waals surface area (Å²) in [5, 5.41) is 0.424. The number of halogens is 2. The number of nitrogens with one attached hydrogen (secondary N) is 1. The third-order valence-electron chi connectivity index (χ3n) is 4.73. The zero-order chi connectivity index (χ0) is 21.1. The van der Waals surface area contributed by atoms with Gasteiger partial charge in [0, 0.05) is 30.6 Å². The summed E-state index contributed by atoms with van der Waals surface area (Å²) in [7, 11) is 1.51. The van der Waals surface area contributed by atoms with Gasteiger partial charge in [0.1, 0.15) is 12.1 Å². The minimum Gasteiger partial charge on any atom is -0.481 e. The molecule has 6 nitrogen and oxygen atoms in total. The molecule has 0 aliphatic rings. The molecule has 152 valence electrons. The van der Waals surface area contributed by atoms with Crippen molar-refractivity contribution in [3.63, 3.8) is 0 Å². The van der Waals surface area contributed by atoms with Crippen LogP contribution < -0.4 is 15.2 Å². The summed E-state index contributed by atoms with van der Waals surface area (Å²) in [6, 6.07) is 15.3. The Hall–Kier alpha value is -3.81. The lowest BCUT2D eigenvalue weighted by Gasteiger charge is -2.25. The van der Waals surface area contributed by atoms with Crippen LogP contribution in [0.25, 0.3) is 10.9 Å². The second-order valence-electron chi connectivity index (χ2n) is 6.70. The van der Waals surface area contributed by atoms with Crippen molar-refractivity contribution in [2.24, 2.45) is 0 Å². The van der Waals surface area contributed by atoms with Crippen LogP contribution in [-0.4, -0.2) is 22.1 Å². The van der Waals surface area contributed by atoms with Crippen molar-refractivity contribution in [1.29, 1.82) is 0 Å². The molecular weight excluding hydrogens is 390 g/mol. The molecule has 0 aliphatic heterocycles. The van der Waals surface area contributed by atoms with E-state index >= 15 is 0 Å². The monoisotopic (exact) mass is 408 g/mol. The van der Waals surface area contributed by atoms with Crippen LogP contribution in [0.1, 0.15) is 11.1 Å². The second-order valence-corrected chi connectivity index (χ2v) is 6.70. The molecule has 2 aromatic carbocycles. The van der Waals surface area contributed by atoms with Crippen LogP contribution in [0.3, 0.4) is 0 Å². The van der Waals surface area contributed by atoms with Crippen LogP contribution in [-0.2, 0) is 13.1 Å². The number of ether oxygens (including phenoxy) is 1. The van der Waals surface area contributed by atoms with Crippen molar-refractivity contribution in [2.45, 2.75) is 13.1 Å². The van der Waals surface area contributed by atoms with Crippen molar-refractivity contribution in [2.75, 3.05) is 12.0 Å². The van der Waals surface area contributed by atoms with Crippen LogP contribution in [0.2, 0.25) is 0 Å². The van der Waals surface area contributed by atoms with E-state index in [0.29, 0.717) is 29.2 Å². The first-order chi connectivity index (χ1) is 14.5. The fourth-order valence-corrected chi connectivity index (χ4v) is 3.31. The number of aromatic nitrogens is 3. The lowest BCUT2D eigenvalue weighted by atomic mass is 10.1. The van der Waals surface area contributed by atoms with Gasteiger partial charge < -0.3 is 14.6 Å². The van der Waals surface area contributed by atoms with E-state index in [0.717, 1.165) is 11.6 Å². The topological polar surface area (TPSA) is 71.1 Å². The molecule has 8 heteroatoms. The Morgan fingerprint density at radius 1 is 1.03 bits per heavy atom. The predicted octanol–water partition coefficient (Wildman–Crippen LogP) is 3.81. The van der Waals surface area contributed by atoms with Crippen LogP contribution >= 0.6 is 0 Å². The van der Waals surface area contributed by atoms with Gasteiger partial charge in [-0.25, -0.2) is 18.7 Å². The van der Waals surface area contributed by atoms with Gasteiger partial charge in [-0.3, -0.25) is 4.79 Å². The Morgan fingerprint density at radius 2 is 1.83 bits per heavy atom. The maximum atomic E-state index is 14.3.